The Bertz CT molecular complexity index is 856. The van der Waals surface area contributed by atoms with Gasteiger partial charge in [0, 0.05) is 0 Å². The number of halogens is 1. The first-order chi connectivity index (χ1) is 10.8. The molecule has 0 amide bonds. The Balaban J connectivity index is 2.04. The second-order valence-corrected chi connectivity index (χ2v) is 6.01. The smallest absolute Gasteiger partial charge is 0.196 e. The monoisotopic (exact) mass is 348 g/mol. The van der Waals surface area contributed by atoms with Crippen LogP contribution in [-0.2, 0) is 0 Å². The van der Waals surface area contributed by atoms with E-state index in [-0.39, 0.29) is 5.08 Å². The molecular weight excluding hydrogens is 336 g/mol. The molecular formula is C19H13BrN2. The molecule has 3 aromatic rings. The minimum absolute atomic E-state index is 0.169. The van der Waals surface area contributed by atoms with Crippen LogP contribution in [0.1, 0.15) is 0 Å². The summed E-state index contributed by atoms with van der Waals surface area (Å²) in [5.41, 5.74) is 4.76. The highest BCUT2D eigenvalue weighted by molar-refractivity contribution is 9.09. The van der Waals surface area contributed by atoms with Gasteiger partial charge in [-0.3, -0.25) is 0 Å². The van der Waals surface area contributed by atoms with Gasteiger partial charge in [0.2, 0.25) is 0 Å². The number of nitrogens with zero attached hydrogens (tertiary/aromatic N) is 2. The van der Waals surface area contributed by atoms with Crippen LogP contribution >= 0.6 is 15.9 Å². The molecule has 1 aliphatic rings. The molecule has 106 valence electrons. The van der Waals surface area contributed by atoms with Gasteiger partial charge in [-0.1, -0.05) is 60.7 Å². The van der Waals surface area contributed by atoms with E-state index in [1.54, 1.807) is 0 Å². The van der Waals surface area contributed by atoms with Crippen molar-refractivity contribution in [3.8, 4) is 22.3 Å². The van der Waals surface area contributed by atoms with Crippen molar-refractivity contribution in [1.82, 2.24) is 0 Å². The summed E-state index contributed by atoms with van der Waals surface area (Å²) in [4.78, 5) is 9.05. The van der Waals surface area contributed by atoms with E-state index in [0.29, 0.717) is 0 Å². The average Bonchev–Trinajstić information content (AvgIpc) is 2.94. The largest absolute Gasteiger partial charge is 0.245 e. The molecule has 0 spiro atoms. The third-order valence-electron chi connectivity index (χ3n) is 3.78. The van der Waals surface area contributed by atoms with Crippen molar-refractivity contribution in [3.05, 3.63) is 83.5 Å². The second kappa shape index (κ2) is 5.50. The number of fused-ring (bicyclic) bond motifs is 1. The summed E-state index contributed by atoms with van der Waals surface area (Å²) in [7, 11) is 0. The number of hydrogen-bond acceptors (Lipinski definition) is 2. The van der Waals surface area contributed by atoms with Crippen molar-refractivity contribution in [1.29, 1.82) is 0 Å². The van der Waals surface area contributed by atoms with Crippen molar-refractivity contribution in [2.45, 2.75) is 5.08 Å². The molecule has 0 saturated carbocycles. The van der Waals surface area contributed by atoms with Crippen molar-refractivity contribution >= 4 is 15.9 Å². The lowest BCUT2D eigenvalue weighted by Gasteiger charge is -2.10. The summed E-state index contributed by atoms with van der Waals surface area (Å²) in [6, 6.07) is 25.1. The summed E-state index contributed by atoms with van der Waals surface area (Å²) < 4.78 is 0. The minimum atomic E-state index is -0.169. The molecule has 22 heavy (non-hydrogen) atoms. The molecule has 1 heterocycles. The minimum Gasteiger partial charge on any atom is -0.245 e. The first-order valence-corrected chi connectivity index (χ1v) is 8.07. The van der Waals surface area contributed by atoms with Crippen LogP contribution in [-0.4, -0.2) is 5.08 Å². The number of alkyl halides is 1. The molecule has 0 bridgehead atoms. The Labute approximate surface area is 137 Å². The zero-order valence-corrected chi connectivity index (χ0v) is 13.4. The van der Waals surface area contributed by atoms with Crippen LogP contribution in [0.3, 0.4) is 0 Å². The van der Waals surface area contributed by atoms with Crippen LogP contribution < -0.4 is 10.7 Å². The quantitative estimate of drug-likeness (QED) is 0.494. The predicted molar refractivity (Wildman–Crippen MR) is 92.3 cm³/mol. The van der Waals surface area contributed by atoms with Gasteiger partial charge < -0.3 is 0 Å². The Hall–Kier alpha value is -2.26. The fourth-order valence-corrected chi connectivity index (χ4v) is 3.20. The maximum Gasteiger partial charge on any atom is 0.196 e. The second-order valence-electron chi connectivity index (χ2n) is 5.19. The number of hydrogen-bond donors (Lipinski definition) is 0. The van der Waals surface area contributed by atoms with E-state index in [1.807, 2.05) is 12.1 Å². The Morgan fingerprint density at radius 2 is 1.05 bits per heavy atom. The summed E-state index contributed by atoms with van der Waals surface area (Å²) in [6.45, 7) is 0. The first-order valence-electron chi connectivity index (χ1n) is 7.16. The molecule has 0 unspecified atom stereocenters. The Morgan fingerprint density at radius 1 is 0.636 bits per heavy atom. The van der Waals surface area contributed by atoms with Crippen LogP contribution in [0.5, 0.6) is 0 Å². The van der Waals surface area contributed by atoms with E-state index in [2.05, 4.69) is 86.6 Å². The van der Waals surface area contributed by atoms with Gasteiger partial charge in [0.25, 0.3) is 0 Å². The van der Waals surface area contributed by atoms with Crippen molar-refractivity contribution in [2.24, 2.45) is 9.98 Å². The lowest BCUT2D eigenvalue weighted by molar-refractivity contribution is 0.997. The Kier molecular flexibility index (Phi) is 3.35. The molecule has 0 N–H and O–H groups in total. The van der Waals surface area contributed by atoms with Crippen molar-refractivity contribution < 1.29 is 0 Å². The summed E-state index contributed by atoms with van der Waals surface area (Å²) in [5, 5.41) is 1.72. The molecule has 0 aromatic heterocycles. The molecule has 3 heteroatoms. The highest BCUT2D eigenvalue weighted by atomic mass is 79.9. The average molecular weight is 349 g/mol. The maximum atomic E-state index is 4.52. The van der Waals surface area contributed by atoms with E-state index in [0.717, 1.165) is 10.7 Å². The van der Waals surface area contributed by atoms with Crippen LogP contribution in [0.4, 0.5) is 0 Å². The molecule has 0 aliphatic carbocycles. The van der Waals surface area contributed by atoms with Crippen molar-refractivity contribution in [2.75, 3.05) is 0 Å². The highest BCUT2D eigenvalue weighted by Gasteiger charge is 2.12. The van der Waals surface area contributed by atoms with Crippen LogP contribution in [0.25, 0.3) is 22.3 Å². The molecule has 2 nitrogen and oxygen atoms in total. The molecule has 0 atom stereocenters. The normalized spacial score (nSPS) is 13.3. The molecule has 4 rings (SSSR count). The molecule has 0 fully saturated rings. The van der Waals surface area contributed by atoms with E-state index >= 15 is 0 Å². The first kappa shape index (κ1) is 13.4. The van der Waals surface area contributed by atoms with Crippen LogP contribution in [0, 0.1) is 0 Å². The number of benzene rings is 3. The van der Waals surface area contributed by atoms with Gasteiger partial charge >= 0.3 is 0 Å². The zero-order chi connectivity index (χ0) is 14.9. The van der Waals surface area contributed by atoms with Gasteiger partial charge in [-0.2, -0.15) is 0 Å². The van der Waals surface area contributed by atoms with E-state index < -0.39 is 0 Å². The topological polar surface area (TPSA) is 24.7 Å². The maximum absolute atomic E-state index is 4.52. The number of rotatable bonds is 2. The molecule has 1 aliphatic heterocycles. The third kappa shape index (κ3) is 2.38. The van der Waals surface area contributed by atoms with Gasteiger partial charge in [0.05, 0.1) is 10.7 Å². The third-order valence-corrected chi connectivity index (χ3v) is 4.19. The fourth-order valence-electron chi connectivity index (χ4n) is 2.76. The zero-order valence-electron chi connectivity index (χ0n) is 11.8. The van der Waals surface area contributed by atoms with E-state index in [9.17, 15) is 0 Å². The van der Waals surface area contributed by atoms with Crippen molar-refractivity contribution in [3.63, 3.8) is 0 Å². The lowest BCUT2D eigenvalue weighted by atomic mass is 9.94. The van der Waals surface area contributed by atoms with E-state index in [4.69, 9.17) is 0 Å². The van der Waals surface area contributed by atoms with Gasteiger partial charge in [-0.25, -0.2) is 9.98 Å². The van der Waals surface area contributed by atoms with Gasteiger partial charge in [0.1, 0.15) is 0 Å². The lowest BCUT2D eigenvalue weighted by Crippen LogP contribution is -2.22. The SMILES string of the molecule is BrC1N=c2cc(-c3ccccc3)c(-c3ccccc3)cc2=N1. The molecule has 0 radical (unpaired) electrons. The summed E-state index contributed by atoms with van der Waals surface area (Å²) >= 11 is 3.45. The van der Waals surface area contributed by atoms with E-state index in [1.165, 1.54) is 22.3 Å². The predicted octanol–water partition coefficient (Wildman–Crippen LogP) is 3.95. The van der Waals surface area contributed by atoms with Crippen LogP contribution in [0.15, 0.2) is 82.8 Å². The summed E-state index contributed by atoms with van der Waals surface area (Å²) in [5.74, 6) is 0. The summed E-state index contributed by atoms with van der Waals surface area (Å²) in [6.07, 6.45) is 0. The standard InChI is InChI=1S/C19H13BrN2/c20-19-21-17-11-15(13-7-3-1-4-8-13)16(12-18(17)22-19)14-9-5-2-6-10-14/h1-12,19H. The highest BCUT2D eigenvalue weighted by Crippen LogP contribution is 2.30. The fraction of sp³-hybridized carbons (Fsp3) is 0.0526. The van der Waals surface area contributed by atoms with Gasteiger partial charge in [-0.05, 0) is 50.3 Å². The molecule has 3 aromatic carbocycles. The molecule has 0 saturated heterocycles. The van der Waals surface area contributed by atoms with Crippen LogP contribution in [0.2, 0.25) is 0 Å². The van der Waals surface area contributed by atoms with Gasteiger partial charge in [-0.15, -0.1) is 0 Å². The Morgan fingerprint density at radius 3 is 1.45 bits per heavy atom. The van der Waals surface area contributed by atoms with Gasteiger partial charge in [0.15, 0.2) is 5.08 Å².